The molecule has 2 rings (SSSR count). The molecule has 5 nitrogen and oxygen atoms in total. The van der Waals surface area contributed by atoms with Crippen LogP contribution in [0, 0.1) is 0 Å². The van der Waals surface area contributed by atoms with Gasteiger partial charge in [-0.3, -0.25) is 9.10 Å². The molecule has 0 bridgehead atoms. The summed E-state index contributed by atoms with van der Waals surface area (Å²) in [4.78, 5) is 12.3. The minimum atomic E-state index is -3.97. The molecule has 0 radical (unpaired) electrons. The quantitative estimate of drug-likeness (QED) is 0.660. The normalized spacial score (nSPS) is 11.2. The first-order valence-electron chi connectivity index (χ1n) is 8.15. The van der Waals surface area contributed by atoms with E-state index in [0.717, 1.165) is 17.1 Å². The van der Waals surface area contributed by atoms with Crippen molar-refractivity contribution in [2.45, 2.75) is 24.7 Å². The summed E-state index contributed by atoms with van der Waals surface area (Å²) in [6, 6.07) is 12.4. The van der Waals surface area contributed by atoms with E-state index in [0.29, 0.717) is 11.6 Å². The molecule has 0 heterocycles. The van der Waals surface area contributed by atoms with Crippen molar-refractivity contribution in [2.24, 2.45) is 0 Å². The van der Waals surface area contributed by atoms with Gasteiger partial charge in [0.2, 0.25) is 5.91 Å². The number of halogens is 2. The maximum atomic E-state index is 13.1. The maximum Gasteiger partial charge on any atom is 0.264 e. The predicted molar refractivity (Wildman–Crippen MR) is 105 cm³/mol. The summed E-state index contributed by atoms with van der Waals surface area (Å²) in [6.07, 6.45) is 1.74. The summed E-state index contributed by atoms with van der Waals surface area (Å²) in [6.45, 7) is 2.12. The summed E-state index contributed by atoms with van der Waals surface area (Å²) in [5.41, 5.74) is 0.200. The molecule has 2 aromatic carbocycles. The summed E-state index contributed by atoms with van der Waals surface area (Å²) >= 11 is 12.1. The van der Waals surface area contributed by atoms with Crippen molar-refractivity contribution >= 4 is 44.8 Å². The van der Waals surface area contributed by atoms with E-state index in [-0.39, 0.29) is 22.2 Å². The van der Waals surface area contributed by atoms with Gasteiger partial charge in [0.05, 0.1) is 15.6 Å². The lowest BCUT2D eigenvalue weighted by Gasteiger charge is -2.25. The molecule has 0 saturated heterocycles. The van der Waals surface area contributed by atoms with Gasteiger partial charge in [-0.1, -0.05) is 54.7 Å². The molecule has 2 aromatic rings. The lowest BCUT2D eigenvalue weighted by atomic mass is 10.3. The van der Waals surface area contributed by atoms with Crippen LogP contribution < -0.4 is 9.62 Å². The van der Waals surface area contributed by atoms with Crippen molar-refractivity contribution in [1.82, 2.24) is 5.32 Å². The number of anilines is 1. The molecule has 0 saturated carbocycles. The topological polar surface area (TPSA) is 66.5 Å². The third-order valence-corrected chi connectivity index (χ3v) is 5.96. The van der Waals surface area contributed by atoms with Crippen molar-refractivity contribution in [2.75, 3.05) is 17.4 Å². The molecule has 26 heavy (non-hydrogen) atoms. The monoisotopic (exact) mass is 414 g/mol. The fourth-order valence-corrected chi connectivity index (χ4v) is 4.32. The number of rotatable bonds is 8. The summed E-state index contributed by atoms with van der Waals surface area (Å²) < 4.78 is 27.2. The van der Waals surface area contributed by atoms with Crippen molar-refractivity contribution in [3.63, 3.8) is 0 Å². The smallest absolute Gasteiger partial charge is 0.264 e. The number of nitrogens with one attached hydrogen (secondary N) is 1. The Labute approximate surface area is 164 Å². The Morgan fingerprint density at radius 3 is 2.42 bits per heavy atom. The fourth-order valence-electron chi connectivity index (χ4n) is 2.29. The number of unbranched alkanes of at least 4 members (excludes halogenated alkanes) is 1. The lowest BCUT2D eigenvalue weighted by molar-refractivity contribution is -0.119. The molecule has 1 N–H and O–H groups in total. The second kappa shape index (κ2) is 9.26. The Morgan fingerprint density at radius 1 is 1.12 bits per heavy atom. The Morgan fingerprint density at radius 2 is 1.81 bits per heavy atom. The van der Waals surface area contributed by atoms with E-state index >= 15 is 0 Å². The molecule has 0 aromatic heterocycles. The lowest BCUT2D eigenvalue weighted by Crippen LogP contribution is -2.41. The Hall–Kier alpha value is -1.76. The average Bonchev–Trinajstić information content (AvgIpc) is 2.61. The molecule has 0 atom stereocenters. The molecule has 0 aliphatic carbocycles. The van der Waals surface area contributed by atoms with Crippen LogP contribution in [-0.2, 0) is 14.8 Å². The molecule has 0 aliphatic heterocycles. The van der Waals surface area contributed by atoms with E-state index in [2.05, 4.69) is 5.32 Å². The van der Waals surface area contributed by atoms with Gasteiger partial charge in [-0.05, 0) is 36.8 Å². The van der Waals surface area contributed by atoms with Crippen LogP contribution in [-0.4, -0.2) is 27.4 Å². The molecule has 0 unspecified atom stereocenters. The van der Waals surface area contributed by atoms with Crippen LogP contribution in [0.4, 0.5) is 5.69 Å². The number of sulfonamides is 1. The van der Waals surface area contributed by atoms with Crippen molar-refractivity contribution < 1.29 is 13.2 Å². The largest absolute Gasteiger partial charge is 0.355 e. The minimum Gasteiger partial charge on any atom is -0.355 e. The first-order chi connectivity index (χ1) is 12.4. The zero-order valence-electron chi connectivity index (χ0n) is 14.3. The van der Waals surface area contributed by atoms with E-state index in [9.17, 15) is 13.2 Å². The highest BCUT2D eigenvalue weighted by Crippen LogP contribution is 2.32. The SMILES string of the molecule is CCCCNC(=O)CN(c1ccc(Cl)cc1Cl)S(=O)(=O)c1ccccc1. The van der Waals surface area contributed by atoms with Gasteiger partial charge in [0.25, 0.3) is 10.0 Å². The third-order valence-electron chi connectivity index (χ3n) is 3.65. The van der Waals surface area contributed by atoms with Gasteiger partial charge in [0.1, 0.15) is 6.54 Å². The summed E-state index contributed by atoms with van der Waals surface area (Å²) in [5.74, 6) is -0.399. The second-order valence-corrected chi connectivity index (χ2v) is 8.33. The third kappa shape index (κ3) is 5.13. The molecule has 0 fully saturated rings. The average molecular weight is 415 g/mol. The molecule has 0 spiro atoms. The Bertz CT molecular complexity index is 858. The van der Waals surface area contributed by atoms with Gasteiger partial charge < -0.3 is 5.32 Å². The van der Waals surface area contributed by atoms with Gasteiger partial charge in [-0.25, -0.2) is 8.42 Å². The van der Waals surface area contributed by atoms with Crippen molar-refractivity contribution in [1.29, 1.82) is 0 Å². The predicted octanol–water partition coefficient (Wildman–Crippen LogP) is 4.11. The van der Waals surface area contributed by atoms with Gasteiger partial charge >= 0.3 is 0 Å². The van der Waals surface area contributed by atoms with E-state index in [1.165, 1.54) is 30.3 Å². The van der Waals surface area contributed by atoms with Crippen LogP contribution in [0.3, 0.4) is 0 Å². The number of hydrogen-bond donors (Lipinski definition) is 1. The molecular weight excluding hydrogens is 395 g/mol. The number of hydrogen-bond acceptors (Lipinski definition) is 3. The fraction of sp³-hybridized carbons (Fsp3) is 0.278. The Kier molecular flexibility index (Phi) is 7.32. The molecule has 0 aliphatic rings. The highest BCUT2D eigenvalue weighted by atomic mass is 35.5. The van der Waals surface area contributed by atoms with Crippen molar-refractivity contribution in [3.05, 3.63) is 58.6 Å². The van der Waals surface area contributed by atoms with Gasteiger partial charge in [0, 0.05) is 11.6 Å². The van der Waals surface area contributed by atoms with Gasteiger partial charge in [-0.2, -0.15) is 0 Å². The maximum absolute atomic E-state index is 13.1. The number of nitrogens with zero attached hydrogens (tertiary/aromatic N) is 1. The van der Waals surface area contributed by atoms with E-state index in [4.69, 9.17) is 23.2 Å². The van der Waals surface area contributed by atoms with Crippen LogP contribution in [0.5, 0.6) is 0 Å². The minimum absolute atomic E-state index is 0.0763. The number of benzene rings is 2. The highest BCUT2D eigenvalue weighted by Gasteiger charge is 2.28. The van der Waals surface area contributed by atoms with Crippen LogP contribution in [0.15, 0.2) is 53.4 Å². The standard InChI is InChI=1S/C18H20Cl2N2O3S/c1-2-3-11-21-18(23)13-22(17-10-9-14(19)12-16(17)20)26(24,25)15-7-5-4-6-8-15/h4-10,12H,2-3,11,13H2,1H3,(H,21,23). The van der Waals surface area contributed by atoms with Crippen LogP contribution in [0.25, 0.3) is 0 Å². The molecular formula is C18H20Cl2N2O3S. The number of carbonyl (C=O) groups excluding carboxylic acids is 1. The zero-order valence-corrected chi connectivity index (χ0v) is 16.6. The first kappa shape index (κ1) is 20.6. The summed E-state index contributed by atoms with van der Waals surface area (Å²) in [5, 5.41) is 3.25. The number of carbonyl (C=O) groups is 1. The first-order valence-corrected chi connectivity index (χ1v) is 10.4. The number of amides is 1. The van der Waals surface area contributed by atoms with E-state index in [1.807, 2.05) is 6.92 Å². The van der Waals surface area contributed by atoms with Crippen LogP contribution in [0.1, 0.15) is 19.8 Å². The second-order valence-electron chi connectivity index (χ2n) is 5.62. The molecule has 1 amide bonds. The van der Waals surface area contributed by atoms with E-state index < -0.39 is 15.9 Å². The van der Waals surface area contributed by atoms with Gasteiger partial charge in [-0.15, -0.1) is 0 Å². The summed E-state index contributed by atoms with van der Waals surface area (Å²) in [7, 11) is -3.97. The Balaban J connectivity index is 2.40. The van der Waals surface area contributed by atoms with Crippen molar-refractivity contribution in [3.8, 4) is 0 Å². The molecule has 140 valence electrons. The van der Waals surface area contributed by atoms with Gasteiger partial charge in [0.15, 0.2) is 0 Å². The zero-order chi connectivity index (χ0) is 19.2. The van der Waals surface area contributed by atoms with Crippen LogP contribution >= 0.6 is 23.2 Å². The highest BCUT2D eigenvalue weighted by molar-refractivity contribution is 7.92. The molecule has 8 heteroatoms. The van der Waals surface area contributed by atoms with Crippen LogP contribution in [0.2, 0.25) is 10.0 Å². The van der Waals surface area contributed by atoms with E-state index in [1.54, 1.807) is 18.2 Å².